The Labute approximate surface area is 171 Å². The lowest BCUT2D eigenvalue weighted by Crippen LogP contribution is -2.44. The van der Waals surface area contributed by atoms with Crippen molar-refractivity contribution in [1.82, 2.24) is 10.6 Å². The molecule has 0 aromatic heterocycles. The van der Waals surface area contributed by atoms with E-state index in [9.17, 15) is 8.78 Å². The molecule has 1 fully saturated rings. The van der Waals surface area contributed by atoms with Crippen molar-refractivity contribution in [3.05, 3.63) is 35.4 Å². The van der Waals surface area contributed by atoms with Gasteiger partial charge in [-0.05, 0) is 37.1 Å². The first-order chi connectivity index (χ1) is 12.1. The lowest BCUT2D eigenvalue weighted by Gasteiger charge is -2.34. The van der Waals surface area contributed by atoms with Crippen LogP contribution in [0.1, 0.15) is 25.3 Å². The third-order valence-electron chi connectivity index (χ3n) is 4.40. The highest BCUT2D eigenvalue weighted by Crippen LogP contribution is 2.24. The molecule has 0 saturated carbocycles. The first-order valence-corrected chi connectivity index (χ1v) is 8.67. The Morgan fingerprint density at radius 1 is 1.27 bits per heavy atom. The van der Waals surface area contributed by atoms with Crippen molar-refractivity contribution in [3.63, 3.8) is 0 Å². The molecule has 1 saturated heterocycles. The van der Waals surface area contributed by atoms with Crippen LogP contribution in [0.15, 0.2) is 23.2 Å². The van der Waals surface area contributed by atoms with E-state index in [0.29, 0.717) is 50.8 Å². The summed E-state index contributed by atoms with van der Waals surface area (Å²) in [6.07, 6.45) is 1.99. The van der Waals surface area contributed by atoms with E-state index in [2.05, 4.69) is 15.6 Å². The van der Waals surface area contributed by atoms with Gasteiger partial charge < -0.3 is 20.1 Å². The largest absolute Gasteiger partial charge is 0.381 e. The fourth-order valence-corrected chi connectivity index (χ4v) is 2.79. The van der Waals surface area contributed by atoms with Crippen LogP contribution in [0.5, 0.6) is 0 Å². The van der Waals surface area contributed by atoms with Gasteiger partial charge in [0.1, 0.15) is 11.6 Å². The van der Waals surface area contributed by atoms with Gasteiger partial charge in [-0.2, -0.15) is 0 Å². The van der Waals surface area contributed by atoms with Gasteiger partial charge in [0.25, 0.3) is 0 Å². The Balaban J connectivity index is 0.00000338. The molecule has 0 spiro atoms. The van der Waals surface area contributed by atoms with E-state index in [1.807, 2.05) is 6.92 Å². The minimum atomic E-state index is -0.432. The molecular weight excluding hydrogens is 455 g/mol. The SMILES string of the molecule is CCNC(=NCC1(OC)CCOCC1)NCCc1cc(F)ccc1F.I. The molecule has 1 heterocycles. The molecule has 2 N–H and O–H groups in total. The van der Waals surface area contributed by atoms with Gasteiger partial charge in [0.05, 0.1) is 12.1 Å². The Morgan fingerprint density at radius 2 is 2.00 bits per heavy atom. The number of methoxy groups -OCH3 is 1. The third-order valence-corrected chi connectivity index (χ3v) is 4.40. The summed E-state index contributed by atoms with van der Waals surface area (Å²) in [6, 6.07) is 3.50. The summed E-state index contributed by atoms with van der Waals surface area (Å²) in [4.78, 5) is 4.60. The standard InChI is InChI=1S/C18H27F2N3O2.HI/c1-3-21-17(23-13-18(24-2)7-10-25-11-8-18)22-9-6-14-12-15(19)4-5-16(14)20;/h4-5,12H,3,6-11,13H2,1-2H3,(H2,21,22,23);1H. The summed E-state index contributed by atoms with van der Waals surface area (Å²) < 4.78 is 37.9. The number of benzene rings is 1. The van der Waals surface area contributed by atoms with Crippen LogP contribution in [-0.2, 0) is 15.9 Å². The summed E-state index contributed by atoms with van der Waals surface area (Å²) in [5.74, 6) is -0.188. The molecule has 1 aromatic carbocycles. The van der Waals surface area contributed by atoms with E-state index < -0.39 is 11.6 Å². The molecule has 0 radical (unpaired) electrons. The number of hydrogen-bond acceptors (Lipinski definition) is 3. The predicted molar refractivity (Wildman–Crippen MR) is 109 cm³/mol. The normalized spacial score (nSPS) is 16.7. The van der Waals surface area contributed by atoms with Crippen molar-refractivity contribution >= 4 is 29.9 Å². The topological polar surface area (TPSA) is 54.9 Å². The van der Waals surface area contributed by atoms with E-state index >= 15 is 0 Å². The summed E-state index contributed by atoms with van der Waals surface area (Å²) in [6.45, 7) is 5.01. The van der Waals surface area contributed by atoms with E-state index in [-0.39, 0.29) is 29.6 Å². The molecule has 0 atom stereocenters. The van der Waals surface area contributed by atoms with Crippen molar-refractivity contribution < 1.29 is 18.3 Å². The zero-order valence-corrected chi connectivity index (χ0v) is 17.6. The maximum Gasteiger partial charge on any atom is 0.191 e. The zero-order chi connectivity index (χ0) is 18.1. The molecule has 0 unspecified atom stereocenters. The molecule has 1 aliphatic heterocycles. The Kier molecular flexibility index (Phi) is 10.3. The number of guanidine groups is 1. The van der Waals surface area contributed by atoms with E-state index in [1.54, 1.807) is 7.11 Å². The first-order valence-electron chi connectivity index (χ1n) is 8.67. The van der Waals surface area contributed by atoms with E-state index in [4.69, 9.17) is 9.47 Å². The molecule has 0 bridgehead atoms. The van der Waals surface area contributed by atoms with Gasteiger partial charge in [-0.1, -0.05) is 0 Å². The third kappa shape index (κ3) is 6.96. The smallest absolute Gasteiger partial charge is 0.191 e. The van der Waals surface area contributed by atoms with Gasteiger partial charge >= 0.3 is 0 Å². The molecule has 0 amide bonds. The molecule has 1 aliphatic rings. The van der Waals surface area contributed by atoms with Crippen molar-refractivity contribution in [3.8, 4) is 0 Å². The van der Waals surface area contributed by atoms with Gasteiger partial charge in [-0.25, -0.2) is 8.78 Å². The van der Waals surface area contributed by atoms with Crippen LogP contribution in [0, 0.1) is 11.6 Å². The Morgan fingerprint density at radius 3 is 2.65 bits per heavy atom. The summed E-state index contributed by atoms with van der Waals surface area (Å²) >= 11 is 0. The van der Waals surface area contributed by atoms with Crippen molar-refractivity contribution in [2.45, 2.75) is 31.8 Å². The zero-order valence-electron chi connectivity index (χ0n) is 15.3. The van der Waals surface area contributed by atoms with Crippen LogP contribution in [0.2, 0.25) is 0 Å². The number of ether oxygens (including phenoxy) is 2. The van der Waals surface area contributed by atoms with E-state index in [1.165, 1.54) is 6.07 Å². The second-order valence-electron chi connectivity index (χ2n) is 6.11. The highest BCUT2D eigenvalue weighted by atomic mass is 127. The lowest BCUT2D eigenvalue weighted by atomic mass is 9.94. The number of halogens is 3. The van der Waals surface area contributed by atoms with Crippen molar-refractivity contribution in [2.75, 3.05) is 40.0 Å². The molecular formula is C18H28F2IN3O2. The molecule has 148 valence electrons. The van der Waals surface area contributed by atoms with Crippen LogP contribution >= 0.6 is 24.0 Å². The summed E-state index contributed by atoms with van der Waals surface area (Å²) in [5.41, 5.74) is 0.0519. The number of aliphatic imine (C=N–C) groups is 1. The van der Waals surface area contributed by atoms with Crippen LogP contribution < -0.4 is 10.6 Å². The quantitative estimate of drug-likeness (QED) is 0.356. The minimum Gasteiger partial charge on any atom is -0.381 e. The van der Waals surface area contributed by atoms with Crippen LogP contribution in [-0.4, -0.2) is 51.5 Å². The monoisotopic (exact) mass is 483 g/mol. The van der Waals surface area contributed by atoms with E-state index in [0.717, 1.165) is 25.0 Å². The molecule has 5 nitrogen and oxygen atoms in total. The van der Waals surface area contributed by atoms with Gasteiger partial charge in [-0.3, -0.25) is 4.99 Å². The first kappa shape index (κ1) is 23.0. The number of hydrogen-bond donors (Lipinski definition) is 2. The maximum atomic E-state index is 13.7. The van der Waals surface area contributed by atoms with Crippen molar-refractivity contribution in [1.29, 1.82) is 0 Å². The van der Waals surface area contributed by atoms with Crippen molar-refractivity contribution in [2.24, 2.45) is 4.99 Å². The maximum absolute atomic E-state index is 13.7. The number of rotatable bonds is 7. The summed E-state index contributed by atoms with van der Waals surface area (Å²) in [5, 5.41) is 6.32. The molecule has 26 heavy (non-hydrogen) atoms. The predicted octanol–water partition coefficient (Wildman–Crippen LogP) is 2.88. The Bertz CT molecular complexity index is 582. The molecule has 0 aliphatic carbocycles. The van der Waals surface area contributed by atoms with Crippen LogP contribution in [0.3, 0.4) is 0 Å². The average molecular weight is 483 g/mol. The minimum absolute atomic E-state index is 0. The fraction of sp³-hybridized carbons (Fsp3) is 0.611. The number of nitrogens with one attached hydrogen (secondary N) is 2. The average Bonchev–Trinajstić information content (AvgIpc) is 2.63. The highest BCUT2D eigenvalue weighted by molar-refractivity contribution is 14.0. The summed E-state index contributed by atoms with van der Waals surface area (Å²) in [7, 11) is 1.70. The van der Waals surface area contributed by atoms with Crippen LogP contribution in [0.4, 0.5) is 8.78 Å². The fourth-order valence-electron chi connectivity index (χ4n) is 2.79. The van der Waals surface area contributed by atoms with Gasteiger partial charge in [-0.15, -0.1) is 24.0 Å². The Hall–Kier alpha value is -1.00. The second-order valence-corrected chi connectivity index (χ2v) is 6.11. The van der Waals surface area contributed by atoms with Gasteiger partial charge in [0.2, 0.25) is 0 Å². The number of nitrogens with zero attached hydrogens (tertiary/aromatic N) is 1. The highest BCUT2D eigenvalue weighted by Gasteiger charge is 2.32. The lowest BCUT2D eigenvalue weighted by molar-refractivity contribution is -0.0828. The van der Waals surface area contributed by atoms with Crippen LogP contribution in [0.25, 0.3) is 0 Å². The molecule has 1 aromatic rings. The molecule has 8 heteroatoms. The van der Waals surface area contributed by atoms with Gasteiger partial charge in [0.15, 0.2) is 5.96 Å². The van der Waals surface area contributed by atoms with Gasteiger partial charge in [0, 0.05) is 46.3 Å². The second kappa shape index (κ2) is 11.7. The molecule has 2 rings (SSSR count).